The van der Waals surface area contributed by atoms with E-state index < -0.39 is 18.5 Å². The minimum absolute atomic E-state index is 0.287. The maximum atomic E-state index is 12.3. The van der Waals surface area contributed by atoms with Crippen molar-refractivity contribution in [3.63, 3.8) is 0 Å². The molecule has 1 amide bonds. The number of halogens is 1. The molecular formula is C20H19ClN2O3S. The number of amides is 1. The number of aryl methyl sites for hydroxylation is 1. The Morgan fingerprint density at radius 2 is 2.22 bits per heavy atom. The Kier molecular flexibility index (Phi) is 6.15. The number of hydrogen-bond acceptors (Lipinski definition) is 5. The molecule has 1 aliphatic carbocycles. The average molecular weight is 403 g/mol. The molecule has 5 nitrogen and oxygen atoms in total. The number of carbonyl (C=O) groups excluding carboxylic acids is 2. The zero-order valence-electron chi connectivity index (χ0n) is 14.9. The van der Waals surface area contributed by atoms with Crippen LogP contribution in [0.3, 0.4) is 0 Å². The lowest BCUT2D eigenvalue weighted by Crippen LogP contribution is -2.21. The van der Waals surface area contributed by atoms with E-state index in [0.29, 0.717) is 21.5 Å². The molecule has 0 saturated carbocycles. The van der Waals surface area contributed by atoms with Crippen molar-refractivity contribution in [1.82, 2.24) is 0 Å². The van der Waals surface area contributed by atoms with Gasteiger partial charge >= 0.3 is 5.97 Å². The van der Waals surface area contributed by atoms with Crippen molar-refractivity contribution in [2.24, 2.45) is 5.92 Å². The highest BCUT2D eigenvalue weighted by Gasteiger charge is 2.23. The number of fused-ring (bicyclic) bond motifs is 1. The summed E-state index contributed by atoms with van der Waals surface area (Å²) >= 11 is 7.34. The van der Waals surface area contributed by atoms with Crippen LogP contribution in [0.1, 0.15) is 45.4 Å². The Hall–Kier alpha value is -2.36. The van der Waals surface area contributed by atoms with Gasteiger partial charge in [-0.3, -0.25) is 4.79 Å². The van der Waals surface area contributed by atoms with Crippen LogP contribution in [0.15, 0.2) is 24.3 Å². The number of thiophene rings is 1. The van der Waals surface area contributed by atoms with E-state index in [1.165, 1.54) is 33.9 Å². The summed E-state index contributed by atoms with van der Waals surface area (Å²) in [6.07, 6.45) is 4.30. The van der Waals surface area contributed by atoms with Gasteiger partial charge in [-0.25, -0.2) is 4.79 Å². The Balaban J connectivity index is 1.58. The fourth-order valence-corrected chi connectivity index (χ4v) is 4.43. The fraction of sp³-hybridized carbons (Fsp3) is 0.350. The lowest BCUT2D eigenvalue weighted by molar-refractivity contribution is -0.119. The molecule has 7 heteroatoms. The van der Waals surface area contributed by atoms with Gasteiger partial charge in [0.2, 0.25) is 0 Å². The Morgan fingerprint density at radius 1 is 1.41 bits per heavy atom. The summed E-state index contributed by atoms with van der Waals surface area (Å²) in [5.74, 6) is -0.340. The number of nitriles is 1. The van der Waals surface area contributed by atoms with Gasteiger partial charge < -0.3 is 10.1 Å². The molecule has 1 aromatic carbocycles. The molecule has 3 rings (SSSR count). The van der Waals surface area contributed by atoms with E-state index >= 15 is 0 Å². The molecule has 2 aromatic rings. The Bertz CT molecular complexity index is 916. The van der Waals surface area contributed by atoms with Crippen LogP contribution in [0.25, 0.3) is 0 Å². The third-order valence-electron chi connectivity index (χ3n) is 4.67. The Labute approximate surface area is 166 Å². The van der Waals surface area contributed by atoms with E-state index in [1.54, 1.807) is 6.07 Å². The molecule has 1 atom stereocenters. The van der Waals surface area contributed by atoms with Crippen LogP contribution >= 0.6 is 22.9 Å². The molecule has 1 N–H and O–H groups in total. The number of ether oxygens (including phenoxy) is 1. The average Bonchev–Trinajstić information content (AvgIpc) is 3.09. The van der Waals surface area contributed by atoms with E-state index in [2.05, 4.69) is 12.2 Å². The lowest BCUT2D eigenvalue weighted by atomic mass is 9.87. The van der Waals surface area contributed by atoms with Gasteiger partial charge in [0.05, 0.1) is 11.3 Å². The standard InChI is InChI=1S/C20H19ClN2O3S/c1-2-12-3-6-17-14(7-12)8-18(27-17)20(25)26-11-19(24)23-16-9-15(21)5-4-13(16)10-22/h4-5,8-9,12H,2-3,6-7,11H2,1H3,(H,23,24)/t12-/m0/s1. The predicted molar refractivity (Wildman–Crippen MR) is 105 cm³/mol. The summed E-state index contributed by atoms with van der Waals surface area (Å²) in [4.78, 5) is 26.1. The molecule has 0 aliphatic heterocycles. The molecule has 27 heavy (non-hydrogen) atoms. The van der Waals surface area contributed by atoms with Crippen LogP contribution in [-0.2, 0) is 22.4 Å². The van der Waals surface area contributed by atoms with E-state index in [0.717, 1.165) is 25.7 Å². The van der Waals surface area contributed by atoms with Gasteiger partial charge in [-0.15, -0.1) is 11.3 Å². The van der Waals surface area contributed by atoms with E-state index in [9.17, 15) is 9.59 Å². The highest BCUT2D eigenvalue weighted by Crippen LogP contribution is 2.33. The second-order valence-electron chi connectivity index (χ2n) is 6.50. The van der Waals surface area contributed by atoms with Crippen LogP contribution in [-0.4, -0.2) is 18.5 Å². The first-order valence-corrected chi connectivity index (χ1v) is 9.97. The number of nitrogens with one attached hydrogen (secondary N) is 1. The summed E-state index contributed by atoms with van der Waals surface area (Å²) in [7, 11) is 0. The van der Waals surface area contributed by atoms with Gasteiger partial charge in [0, 0.05) is 9.90 Å². The summed E-state index contributed by atoms with van der Waals surface area (Å²) in [6.45, 7) is 1.77. The summed E-state index contributed by atoms with van der Waals surface area (Å²) < 4.78 is 5.14. The normalized spacial score (nSPS) is 15.5. The zero-order chi connectivity index (χ0) is 19.4. The first-order valence-electron chi connectivity index (χ1n) is 8.78. The fourth-order valence-electron chi connectivity index (χ4n) is 3.15. The largest absolute Gasteiger partial charge is 0.451 e. The zero-order valence-corrected chi connectivity index (χ0v) is 16.5. The van der Waals surface area contributed by atoms with E-state index in [4.69, 9.17) is 21.6 Å². The second-order valence-corrected chi connectivity index (χ2v) is 8.08. The first kappa shape index (κ1) is 19.4. The van der Waals surface area contributed by atoms with Crippen molar-refractivity contribution in [3.05, 3.63) is 50.2 Å². The topological polar surface area (TPSA) is 79.2 Å². The van der Waals surface area contributed by atoms with Gasteiger partial charge in [-0.2, -0.15) is 5.26 Å². The third-order valence-corrected chi connectivity index (χ3v) is 6.13. The first-order chi connectivity index (χ1) is 13.0. The van der Waals surface area contributed by atoms with Crippen molar-refractivity contribution in [1.29, 1.82) is 5.26 Å². The number of nitrogens with zero attached hydrogens (tertiary/aromatic N) is 1. The SMILES string of the molecule is CC[C@H]1CCc2sc(C(=O)OCC(=O)Nc3cc(Cl)ccc3C#N)cc2C1. The third kappa shape index (κ3) is 4.68. The number of esters is 1. The quantitative estimate of drug-likeness (QED) is 0.742. The number of rotatable bonds is 5. The lowest BCUT2D eigenvalue weighted by Gasteiger charge is -2.19. The summed E-state index contributed by atoms with van der Waals surface area (Å²) in [5, 5.41) is 12.0. The predicted octanol–water partition coefficient (Wildman–Crippen LogP) is 4.58. The maximum absolute atomic E-state index is 12.3. The van der Waals surface area contributed by atoms with Crippen LogP contribution in [0.5, 0.6) is 0 Å². The van der Waals surface area contributed by atoms with Crippen molar-refractivity contribution in [2.45, 2.75) is 32.6 Å². The van der Waals surface area contributed by atoms with Crippen molar-refractivity contribution in [3.8, 4) is 6.07 Å². The minimum atomic E-state index is -0.519. The van der Waals surface area contributed by atoms with Crippen molar-refractivity contribution >= 4 is 40.5 Å². The minimum Gasteiger partial charge on any atom is -0.451 e. The van der Waals surface area contributed by atoms with Crippen LogP contribution in [0, 0.1) is 17.2 Å². The summed E-state index contributed by atoms with van der Waals surface area (Å²) in [5.41, 5.74) is 1.81. The monoisotopic (exact) mass is 402 g/mol. The molecule has 0 unspecified atom stereocenters. The van der Waals surface area contributed by atoms with Crippen LogP contribution in [0.4, 0.5) is 5.69 Å². The van der Waals surface area contributed by atoms with E-state index in [-0.39, 0.29) is 5.56 Å². The van der Waals surface area contributed by atoms with Gasteiger partial charge in [0.15, 0.2) is 6.61 Å². The second kappa shape index (κ2) is 8.55. The van der Waals surface area contributed by atoms with Gasteiger partial charge in [0.25, 0.3) is 5.91 Å². The van der Waals surface area contributed by atoms with Crippen molar-refractivity contribution < 1.29 is 14.3 Å². The molecule has 1 aromatic heterocycles. The van der Waals surface area contributed by atoms with E-state index in [1.807, 2.05) is 12.1 Å². The highest BCUT2D eigenvalue weighted by molar-refractivity contribution is 7.14. The van der Waals surface area contributed by atoms with Crippen molar-refractivity contribution in [2.75, 3.05) is 11.9 Å². The van der Waals surface area contributed by atoms with Gasteiger partial charge in [0.1, 0.15) is 10.9 Å². The number of benzene rings is 1. The molecule has 0 radical (unpaired) electrons. The highest BCUT2D eigenvalue weighted by atomic mass is 35.5. The molecule has 0 spiro atoms. The molecule has 0 bridgehead atoms. The van der Waals surface area contributed by atoms with Gasteiger partial charge in [-0.1, -0.05) is 24.9 Å². The number of hydrogen-bond donors (Lipinski definition) is 1. The number of anilines is 1. The van der Waals surface area contributed by atoms with Crippen LogP contribution in [0.2, 0.25) is 5.02 Å². The maximum Gasteiger partial charge on any atom is 0.348 e. The molecular weight excluding hydrogens is 384 g/mol. The Morgan fingerprint density at radius 3 is 2.96 bits per heavy atom. The van der Waals surface area contributed by atoms with Gasteiger partial charge in [-0.05, 0) is 55.0 Å². The summed E-state index contributed by atoms with van der Waals surface area (Å²) in [6, 6.07) is 8.44. The number of carbonyl (C=O) groups is 2. The molecule has 1 aliphatic rings. The molecule has 0 fully saturated rings. The smallest absolute Gasteiger partial charge is 0.348 e. The molecule has 1 heterocycles. The van der Waals surface area contributed by atoms with Crippen LogP contribution < -0.4 is 5.32 Å². The molecule has 140 valence electrons. The molecule has 0 saturated heterocycles.